The van der Waals surface area contributed by atoms with E-state index < -0.39 is 6.10 Å². The van der Waals surface area contributed by atoms with E-state index in [1.807, 2.05) is 12.1 Å². The summed E-state index contributed by atoms with van der Waals surface area (Å²) in [5.74, 6) is 0.875. The molecule has 3 heteroatoms. The van der Waals surface area contributed by atoms with Gasteiger partial charge in [0.2, 0.25) is 0 Å². The molecule has 0 spiro atoms. The molecule has 0 heterocycles. The molecule has 1 aliphatic carbocycles. The third-order valence-electron chi connectivity index (χ3n) is 4.96. The summed E-state index contributed by atoms with van der Waals surface area (Å²) in [5.41, 5.74) is 1.18. The van der Waals surface area contributed by atoms with Gasteiger partial charge in [0.1, 0.15) is 5.75 Å². The summed E-state index contributed by atoms with van der Waals surface area (Å²) < 4.78 is 5.20. The van der Waals surface area contributed by atoms with Gasteiger partial charge in [0.05, 0.1) is 18.2 Å². The Morgan fingerprint density at radius 2 is 1.78 bits per heavy atom. The number of aliphatic hydroxyl groups is 1. The van der Waals surface area contributed by atoms with Crippen molar-refractivity contribution in [2.45, 2.75) is 33.8 Å². The highest BCUT2D eigenvalue weighted by atomic mass is 35.5. The quantitative estimate of drug-likeness (QED) is 0.896. The summed E-state index contributed by atoms with van der Waals surface area (Å²) in [6, 6.07) is 5.48. The van der Waals surface area contributed by atoms with Crippen molar-refractivity contribution in [3.05, 3.63) is 28.8 Å². The second-order valence-corrected chi connectivity index (χ2v) is 6.67. The fourth-order valence-corrected chi connectivity index (χ4v) is 3.28. The summed E-state index contributed by atoms with van der Waals surface area (Å²) in [4.78, 5) is 0. The number of rotatable bonds is 3. The lowest BCUT2D eigenvalue weighted by Crippen LogP contribution is -2.05. The highest BCUT2D eigenvalue weighted by molar-refractivity contribution is 6.32. The maximum Gasteiger partial charge on any atom is 0.137 e. The molecule has 2 rings (SSSR count). The molecule has 1 aromatic rings. The third-order valence-corrected chi connectivity index (χ3v) is 5.28. The summed E-state index contributed by atoms with van der Waals surface area (Å²) in [6.07, 6.45) is -0.471. The van der Waals surface area contributed by atoms with E-state index >= 15 is 0 Å². The van der Waals surface area contributed by atoms with Gasteiger partial charge >= 0.3 is 0 Å². The Balaban J connectivity index is 2.29. The van der Waals surface area contributed by atoms with E-state index in [1.165, 1.54) is 0 Å². The van der Waals surface area contributed by atoms with Crippen LogP contribution in [0.5, 0.6) is 5.75 Å². The Morgan fingerprint density at radius 3 is 2.22 bits per heavy atom. The van der Waals surface area contributed by atoms with Crippen LogP contribution in [0.3, 0.4) is 0 Å². The molecule has 100 valence electrons. The number of hydrogen-bond acceptors (Lipinski definition) is 2. The van der Waals surface area contributed by atoms with Crippen molar-refractivity contribution in [1.82, 2.24) is 0 Å². The zero-order valence-corrected chi connectivity index (χ0v) is 12.4. The van der Waals surface area contributed by atoms with Crippen LogP contribution in [-0.4, -0.2) is 12.2 Å². The van der Waals surface area contributed by atoms with Gasteiger partial charge in [-0.25, -0.2) is 0 Å². The maximum atomic E-state index is 10.5. The predicted molar refractivity (Wildman–Crippen MR) is 74.0 cm³/mol. The van der Waals surface area contributed by atoms with Crippen molar-refractivity contribution in [2.24, 2.45) is 16.7 Å². The van der Waals surface area contributed by atoms with Crippen molar-refractivity contribution < 1.29 is 9.84 Å². The average Bonchev–Trinajstić information content (AvgIpc) is 2.69. The number of benzene rings is 1. The summed E-state index contributed by atoms with van der Waals surface area (Å²) in [7, 11) is 1.59. The first-order valence-corrected chi connectivity index (χ1v) is 6.62. The normalized spacial score (nSPS) is 22.6. The lowest BCUT2D eigenvalue weighted by atomic mass is 9.99. The molecule has 1 aliphatic rings. The first kappa shape index (κ1) is 13.7. The molecule has 1 N–H and O–H groups in total. The number of halogens is 1. The Morgan fingerprint density at radius 1 is 1.22 bits per heavy atom. The topological polar surface area (TPSA) is 29.5 Å². The molecule has 1 aromatic carbocycles. The molecule has 0 aromatic heterocycles. The standard InChI is InChI=1S/C15H21ClO2/c1-14(2)13(15(14,3)4)12(17)9-6-7-10(16)11(8-9)18-5/h6-8,12-13,17H,1-5H3. The lowest BCUT2D eigenvalue weighted by molar-refractivity contribution is 0.130. The van der Waals surface area contributed by atoms with Gasteiger partial charge in [0.15, 0.2) is 0 Å². The third kappa shape index (κ3) is 1.83. The van der Waals surface area contributed by atoms with Gasteiger partial charge in [-0.05, 0) is 28.5 Å². The Bertz CT molecular complexity index is 452. The molecule has 1 saturated carbocycles. The minimum atomic E-state index is -0.471. The van der Waals surface area contributed by atoms with E-state index in [-0.39, 0.29) is 16.7 Å². The molecular weight excluding hydrogens is 248 g/mol. The van der Waals surface area contributed by atoms with Crippen LogP contribution < -0.4 is 4.74 Å². The van der Waals surface area contributed by atoms with Gasteiger partial charge in [0, 0.05) is 5.92 Å². The maximum absolute atomic E-state index is 10.5. The Labute approximate surface area is 114 Å². The van der Waals surface area contributed by atoms with E-state index in [9.17, 15) is 5.11 Å². The lowest BCUT2D eigenvalue weighted by Gasteiger charge is -2.15. The second-order valence-electron chi connectivity index (χ2n) is 6.26. The van der Waals surface area contributed by atoms with Gasteiger partial charge < -0.3 is 9.84 Å². The largest absolute Gasteiger partial charge is 0.495 e. The van der Waals surface area contributed by atoms with Crippen LogP contribution in [-0.2, 0) is 0 Å². The predicted octanol–water partition coefficient (Wildman–Crippen LogP) is 4.06. The minimum absolute atomic E-state index is 0.152. The van der Waals surface area contributed by atoms with Crippen LogP contribution in [0.25, 0.3) is 0 Å². The SMILES string of the molecule is COc1cc(C(O)C2C(C)(C)C2(C)C)ccc1Cl. The fourth-order valence-electron chi connectivity index (χ4n) is 3.09. The van der Waals surface area contributed by atoms with Gasteiger partial charge in [-0.1, -0.05) is 45.4 Å². The van der Waals surface area contributed by atoms with Crippen molar-refractivity contribution in [2.75, 3.05) is 7.11 Å². The van der Waals surface area contributed by atoms with Crippen LogP contribution in [0.2, 0.25) is 5.02 Å². The van der Waals surface area contributed by atoms with Crippen LogP contribution in [0.15, 0.2) is 18.2 Å². The molecule has 1 atom stereocenters. The van der Waals surface area contributed by atoms with Gasteiger partial charge in [-0.2, -0.15) is 0 Å². The highest BCUT2D eigenvalue weighted by Gasteiger charge is 2.67. The minimum Gasteiger partial charge on any atom is -0.495 e. The molecule has 1 unspecified atom stereocenters. The van der Waals surface area contributed by atoms with Crippen LogP contribution >= 0.6 is 11.6 Å². The van der Waals surface area contributed by atoms with E-state index in [4.69, 9.17) is 16.3 Å². The number of methoxy groups -OCH3 is 1. The molecule has 0 amide bonds. The van der Waals surface area contributed by atoms with Crippen LogP contribution in [0, 0.1) is 16.7 Å². The molecule has 1 fully saturated rings. The van der Waals surface area contributed by atoms with Crippen molar-refractivity contribution in [1.29, 1.82) is 0 Å². The average molecular weight is 269 g/mol. The fraction of sp³-hybridized carbons (Fsp3) is 0.600. The summed E-state index contributed by atoms with van der Waals surface area (Å²) >= 11 is 6.00. The molecule has 18 heavy (non-hydrogen) atoms. The number of hydrogen-bond donors (Lipinski definition) is 1. The molecular formula is C15H21ClO2. The molecule has 0 aliphatic heterocycles. The van der Waals surface area contributed by atoms with Gasteiger partial charge in [0.25, 0.3) is 0 Å². The van der Waals surface area contributed by atoms with Gasteiger partial charge in [-0.15, -0.1) is 0 Å². The zero-order valence-electron chi connectivity index (χ0n) is 11.6. The summed E-state index contributed by atoms with van der Waals surface area (Å²) in [5, 5.41) is 11.1. The highest BCUT2D eigenvalue weighted by Crippen LogP contribution is 2.72. The van der Waals surface area contributed by atoms with E-state index in [1.54, 1.807) is 13.2 Å². The monoisotopic (exact) mass is 268 g/mol. The second kappa shape index (κ2) is 4.14. The van der Waals surface area contributed by atoms with Gasteiger partial charge in [-0.3, -0.25) is 0 Å². The molecule has 0 saturated heterocycles. The zero-order chi connectivity index (χ0) is 13.7. The molecule has 0 bridgehead atoms. The molecule has 0 radical (unpaired) electrons. The van der Waals surface area contributed by atoms with E-state index in [0.29, 0.717) is 10.8 Å². The van der Waals surface area contributed by atoms with Crippen LogP contribution in [0.1, 0.15) is 39.4 Å². The Kier molecular flexibility index (Phi) is 3.15. The Hall–Kier alpha value is -0.730. The first-order valence-electron chi connectivity index (χ1n) is 6.25. The number of ether oxygens (including phenoxy) is 1. The van der Waals surface area contributed by atoms with Crippen molar-refractivity contribution >= 4 is 11.6 Å². The van der Waals surface area contributed by atoms with Crippen LogP contribution in [0.4, 0.5) is 0 Å². The number of aliphatic hydroxyl groups excluding tert-OH is 1. The molecule has 2 nitrogen and oxygen atoms in total. The summed E-state index contributed by atoms with van der Waals surface area (Å²) in [6.45, 7) is 8.81. The van der Waals surface area contributed by atoms with E-state index in [2.05, 4.69) is 27.7 Å². The van der Waals surface area contributed by atoms with Crippen molar-refractivity contribution in [3.63, 3.8) is 0 Å². The smallest absolute Gasteiger partial charge is 0.137 e. The van der Waals surface area contributed by atoms with Crippen molar-refractivity contribution in [3.8, 4) is 5.75 Å². The first-order chi connectivity index (χ1) is 8.23. The van der Waals surface area contributed by atoms with E-state index in [0.717, 1.165) is 5.56 Å².